The third-order valence-corrected chi connectivity index (χ3v) is 6.03. The molecule has 1 aliphatic rings. The highest BCUT2D eigenvalue weighted by molar-refractivity contribution is 9.09. The fourth-order valence-corrected chi connectivity index (χ4v) is 4.69. The number of pyridine rings is 1. The van der Waals surface area contributed by atoms with Crippen molar-refractivity contribution in [1.82, 2.24) is 9.71 Å². The van der Waals surface area contributed by atoms with Gasteiger partial charge in [0.2, 0.25) is 10.0 Å². The summed E-state index contributed by atoms with van der Waals surface area (Å²) in [6, 6.07) is 0.986. The summed E-state index contributed by atoms with van der Waals surface area (Å²) in [7, 11) is -3.74. The van der Waals surface area contributed by atoms with Crippen LogP contribution in [-0.4, -0.2) is 24.3 Å². The van der Waals surface area contributed by atoms with E-state index in [9.17, 15) is 12.8 Å². The molecular weight excluding hydrogens is 335 g/mol. The van der Waals surface area contributed by atoms with Crippen molar-refractivity contribution in [2.24, 2.45) is 0 Å². The number of hydrogen-bond acceptors (Lipinski definition) is 3. The maximum Gasteiger partial charge on any atom is 0.242 e. The molecule has 1 fully saturated rings. The molecule has 0 amide bonds. The van der Waals surface area contributed by atoms with Gasteiger partial charge in [-0.05, 0) is 18.9 Å². The molecule has 0 aliphatic heterocycles. The first kappa shape index (κ1) is 14.9. The summed E-state index contributed by atoms with van der Waals surface area (Å²) in [5, 5.41) is 0.558. The van der Waals surface area contributed by atoms with Crippen LogP contribution in [0.5, 0.6) is 0 Å². The number of nitrogens with zero attached hydrogens (tertiary/aromatic N) is 1. The quantitative estimate of drug-likeness (QED) is 0.849. The van der Waals surface area contributed by atoms with Crippen molar-refractivity contribution in [1.29, 1.82) is 0 Å². The number of aromatic nitrogens is 1. The predicted molar refractivity (Wildman–Crippen MR) is 74.1 cm³/mol. The lowest BCUT2D eigenvalue weighted by atomic mass is 9.84. The normalized spacial score (nSPS) is 19.3. The Hall–Kier alpha value is -0.530. The Morgan fingerprint density at radius 2 is 2.00 bits per heavy atom. The van der Waals surface area contributed by atoms with Crippen LogP contribution in [0.2, 0.25) is 0 Å². The lowest BCUT2D eigenvalue weighted by Gasteiger charge is -2.36. The summed E-state index contributed by atoms with van der Waals surface area (Å²) in [6.07, 6.45) is 6.85. The molecule has 4 nitrogen and oxygen atoms in total. The smallest absolute Gasteiger partial charge is 0.242 e. The molecule has 0 aromatic carbocycles. The van der Waals surface area contributed by atoms with Crippen molar-refractivity contribution in [2.45, 2.75) is 42.5 Å². The van der Waals surface area contributed by atoms with Crippen molar-refractivity contribution >= 4 is 26.0 Å². The van der Waals surface area contributed by atoms with Gasteiger partial charge in [-0.1, -0.05) is 35.2 Å². The predicted octanol–water partition coefficient (Wildman–Crippen LogP) is 2.60. The molecule has 0 atom stereocenters. The molecule has 1 aromatic rings. The minimum absolute atomic E-state index is 0.126. The SMILES string of the molecule is O=S(=O)(NC1(CBr)CCCCC1)c1cncc(F)c1. The zero-order valence-corrected chi connectivity index (χ0v) is 12.8. The van der Waals surface area contributed by atoms with E-state index < -0.39 is 21.4 Å². The highest BCUT2D eigenvalue weighted by Gasteiger charge is 2.35. The van der Waals surface area contributed by atoms with Crippen molar-refractivity contribution in [3.63, 3.8) is 0 Å². The molecule has 1 heterocycles. The fraction of sp³-hybridized carbons (Fsp3) is 0.583. The maximum atomic E-state index is 13.1. The number of nitrogens with one attached hydrogen (secondary N) is 1. The van der Waals surface area contributed by atoms with E-state index in [2.05, 4.69) is 25.6 Å². The Labute approximate surface area is 121 Å². The van der Waals surface area contributed by atoms with Crippen LogP contribution in [0.25, 0.3) is 0 Å². The van der Waals surface area contributed by atoms with Gasteiger partial charge in [-0.2, -0.15) is 0 Å². The summed E-state index contributed by atoms with van der Waals surface area (Å²) in [5.41, 5.74) is -0.469. The summed E-state index contributed by atoms with van der Waals surface area (Å²) < 4.78 is 40.4. The number of halogens is 2. The van der Waals surface area contributed by atoms with Gasteiger partial charge in [0.1, 0.15) is 10.7 Å². The molecule has 106 valence electrons. The molecule has 1 aromatic heterocycles. The van der Waals surface area contributed by atoms with E-state index in [4.69, 9.17) is 0 Å². The van der Waals surface area contributed by atoms with Gasteiger partial charge in [-0.15, -0.1) is 0 Å². The zero-order valence-electron chi connectivity index (χ0n) is 10.4. The molecule has 1 N–H and O–H groups in total. The third-order valence-electron chi connectivity index (χ3n) is 3.41. The largest absolute Gasteiger partial charge is 0.260 e. The second-order valence-corrected chi connectivity index (χ2v) is 7.16. The second-order valence-electron chi connectivity index (χ2n) is 4.92. The van der Waals surface area contributed by atoms with Gasteiger partial charge in [-0.25, -0.2) is 17.5 Å². The van der Waals surface area contributed by atoms with Crippen molar-refractivity contribution in [3.05, 3.63) is 24.3 Å². The average Bonchev–Trinajstić information content (AvgIpc) is 2.39. The lowest BCUT2D eigenvalue weighted by molar-refractivity contribution is 0.301. The number of rotatable bonds is 4. The van der Waals surface area contributed by atoms with Gasteiger partial charge in [0.15, 0.2) is 0 Å². The Balaban J connectivity index is 2.25. The van der Waals surface area contributed by atoms with Gasteiger partial charge >= 0.3 is 0 Å². The minimum Gasteiger partial charge on any atom is -0.260 e. The fourth-order valence-electron chi connectivity index (χ4n) is 2.37. The monoisotopic (exact) mass is 350 g/mol. The molecule has 19 heavy (non-hydrogen) atoms. The Morgan fingerprint density at radius 1 is 1.32 bits per heavy atom. The van der Waals surface area contributed by atoms with Crippen LogP contribution in [0.4, 0.5) is 4.39 Å². The third kappa shape index (κ3) is 3.52. The highest BCUT2D eigenvalue weighted by atomic mass is 79.9. The molecule has 0 saturated heterocycles. The van der Waals surface area contributed by atoms with E-state index in [0.29, 0.717) is 5.33 Å². The summed E-state index contributed by atoms with van der Waals surface area (Å²) >= 11 is 3.39. The van der Waals surface area contributed by atoms with Crippen LogP contribution >= 0.6 is 15.9 Å². The average molecular weight is 351 g/mol. The van der Waals surface area contributed by atoms with Crippen LogP contribution in [0.15, 0.2) is 23.4 Å². The Kier molecular flexibility index (Phi) is 4.58. The van der Waals surface area contributed by atoms with E-state index in [-0.39, 0.29) is 4.90 Å². The molecule has 7 heteroatoms. The van der Waals surface area contributed by atoms with Gasteiger partial charge in [0.05, 0.1) is 6.20 Å². The van der Waals surface area contributed by atoms with Gasteiger partial charge in [-0.3, -0.25) is 4.98 Å². The van der Waals surface area contributed by atoms with Crippen LogP contribution in [-0.2, 0) is 10.0 Å². The van der Waals surface area contributed by atoms with E-state index in [0.717, 1.165) is 50.6 Å². The van der Waals surface area contributed by atoms with Gasteiger partial charge < -0.3 is 0 Å². The maximum absolute atomic E-state index is 13.1. The van der Waals surface area contributed by atoms with Crippen LogP contribution in [0.3, 0.4) is 0 Å². The molecule has 1 saturated carbocycles. The number of alkyl halides is 1. The number of hydrogen-bond donors (Lipinski definition) is 1. The van der Waals surface area contributed by atoms with E-state index >= 15 is 0 Å². The first-order valence-electron chi connectivity index (χ1n) is 6.18. The van der Waals surface area contributed by atoms with Crippen molar-refractivity contribution < 1.29 is 12.8 Å². The first-order valence-corrected chi connectivity index (χ1v) is 8.78. The highest BCUT2D eigenvalue weighted by Crippen LogP contribution is 2.31. The van der Waals surface area contributed by atoms with Crippen molar-refractivity contribution in [3.8, 4) is 0 Å². The molecule has 0 unspecified atom stereocenters. The standard InChI is InChI=1S/C12H16BrFN2O2S/c13-9-12(4-2-1-3-5-12)16-19(17,18)11-6-10(14)7-15-8-11/h6-8,16H,1-5,9H2. The summed E-state index contributed by atoms with van der Waals surface area (Å²) in [4.78, 5) is 3.46. The second kappa shape index (κ2) is 5.85. The van der Waals surface area contributed by atoms with Crippen LogP contribution in [0.1, 0.15) is 32.1 Å². The molecule has 2 rings (SSSR count). The summed E-state index contributed by atoms with van der Waals surface area (Å²) in [6.45, 7) is 0. The lowest BCUT2D eigenvalue weighted by Crippen LogP contribution is -2.51. The molecule has 0 bridgehead atoms. The molecule has 0 spiro atoms. The van der Waals surface area contributed by atoms with Gasteiger partial charge in [0.25, 0.3) is 0 Å². The van der Waals surface area contributed by atoms with E-state index in [1.807, 2.05) is 0 Å². The van der Waals surface area contributed by atoms with E-state index in [1.165, 1.54) is 0 Å². The zero-order chi connectivity index (χ0) is 13.9. The van der Waals surface area contributed by atoms with Gasteiger partial charge in [0, 0.05) is 17.1 Å². The molecule has 1 aliphatic carbocycles. The topological polar surface area (TPSA) is 59.1 Å². The minimum atomic E-state index is -3.74. The Bertz CT molecular complexity index is 544. The Morgan fingerprint density at radius 3 is 2.58 bits per heavy atom. The molecule has 0 radical (unpaired) electrons. The first-order chi connectivity index (χ1) is 8.97. The van der Waals surface area contributed by atoms with Crippen LogP contribution in [0, 0.1) is 5.82 Å². The van der Waals surface area contributed by atoms with Crippen molar-refractivity contribution in [2.75, 3.05) is 5.33 Å². The molecular formula is C12H16BrFN2O2S. The summed E-state index contributed by atoms with van der Waals surface area (Å²) in [5.74, 6) is -0.653. The number of sulfonamides is 1. The van der Waals surface area contributed by atoms with E-state index in [1.54, 1.807) is 0 Å². The van der Waals surface area contributed by atoms with Crippen LogP contribution < -0.4 is 4.72 Å².